The summed E-state index contributed by atoms with van der Waals surface area (Å²) in [5.41, 5.74) is 2.20. The number of carbonyl (C=O) groups is 1. The predicted octanol–water partition coefficient (Wildman–Crippen LogP) is 4.24. The quantitative estimate of drug-likeness (QED) is 0.605. The van der Waals surface area contributed by atoms with Gasteiger partial charge in [0.1, 0.15) is 11.5 Å². The summed E-state index contributed by atoms with van der Waals surface area (Å²) >= 11 is 0. The lowest BCUT2D eigenvalue weighted by atomic mass is 9.97. The van der Waals surface area contributed by atoms with Crippen molar-refractivity contribution < 1.29 is 23.7 Å². The highest BCUT2D eigenvalue weighted by Crippen LogP contribution is 2.33. The largest absolute Gasteiger partial charge is 0.497 e. The zero-order valence-electron chi connectivity index (χ0n) is 17.5. The molecule has 3 aromatic carbocycles. The highest BCUT2D eigenvalue weighted by Gasteiger charge is 2.21. The van der Waals surface area contributed by atoms with E-state index in [0.29, 0.717) is 22.8 Å². The number of amides is 1. The summed E-state index contributed by atoms with van der Waals surface area (Å²) in [7, 11) is 6.32. The van der Waals surface area contributed by atoms with Crippen LogP contribution in [0, 0.1) is 0 Å². The molecule has 0 aromatic heterocycles. The van der Waals surface area contributed by atoms with Crippen molar-refractivity contribution in [3.63, 3.8) is 0 Å². The van der Waals surface area contributed by atoms with Gasteiger partial charge in [-0.15, -0.1) is 0 Å². The number of methoxy groups -OCH3 is 4. The van der Waals surface area contributed by atoms with Gasteiger partial charge in [0, 0.05) is 0 Å². The van der Waals surface area contributed by atoms with Crippen LogP contribution in [0.25, 0.3) is 0 Å². The maximum absolute atomic E-state index is 13.1. The average molecular weight is 407 g/mol. The minimum Gasteiger partial charge on any atom is -0.497 e. The second-order valence-electron chi connectivity index (χ2n) is 6.49. The van der Waals surface area contributed by atoms with Crippen LogP contribution in [0.5, 0.6) is 23.0 Å². The Balaban J connectivity index is 2.02. The summed E-state index contributed by atoms with van der Waals surface area (Å²) < 4.78 is 21.4. The fraction of sp³-hybridized carbons (Fsp3) is 0.208. The van der Waals surface area contributed by atoms with Crippen LogP contribution in [0.1, 0.15) is 27.5 Å². The molecule has 0 spiro atoms. The van der Waals surface area contributed by atoms with Crippen LogP contribution < -0.4 is 24.3 Å². The van der Waals surface area contributed by atoms with Crippen molar-refractivity contribution in [3.8, 4) is 23.0 Å². The molecule has 0 saturated carbocycles. The summed E-state index contributed by atoms with van der Waals surface area (Å²) in [6.45, 7) is 0. The van der Waals surface area contributed by atoms with E-state index in [9.17, 15) is 4.79 Å². The van der Waals surface area contributed by atoms with E-state index < -0.39 is 6.04 Å². The molecule has 3 rings (SSSR count). The molecule has 156 valence electrons. The normalized spacial score (nSPS) is 11.3. The fourth-order valence-electron chi connectivity index (χ4n) is 3.23. The molecule has 6 nitrogen and oxygen atoms in total. The van der Waals surface area contributed by atoms with Gasteiger partial charge >= 0.3 is 0 Å². The Bertz CT molecular complexity index is 1000. The molecule has 0 radical (unpaired) electrons. The van der Waals surface area contributed by atoms with Gasteiger partial charge in [0.15, 0.2) is 11.5 Å². The first-order valence-corrected chi connectivity index (χ1v) is 9.41. The summed E-state index contributed by atoms with van der Waals surface area (Å²) in [6, 6.07) is 19.8. The number of ether oxygens (including phenoxy) is 4. The minimum atomic E-state index is -0.423. The molecule has 6 heteroatoms. The molecule has 1 atom stereocenters. The van der Waals surface area contributed by atoms with Crippen molar-refractivity contribution in [1.82, 2.24) is 5.32 Å². The predicted molar refractivity (Wildman–Crippen MR) is 115 cm³/mol. The molecule has 0 aliphatic heterocycles. The van der Waals surface area contributed by atoms with Crippen LogP contribution >= 0.6 is 0 Å². The van der Waals surface area contributed by atoms with Gasteiger partial charge in [0.05, 0.1) is 40.0 Å². The molecule has 1 amide bonds. The third-order valence-corrected chi connectivity index (χ3v) is 4.82. The SMILES string of the molecule is COc1ccc([C@H](NC(=O)c2ccccc2OC)c2ccc(OC)c(OC)c2)cc1. The lowest BCUT2D eigenvalue weighted by molar-refractivity contribution is 0.0940. The highest BCUT2D eigenvalue weighted by molar-refractivity contribution is 5.97. The van der Waals surface area contributed by atoms with Gasteiger partial charge < -0.3 is 24.3 Å². The Morgan fingerprint density at radius 1 is 0.700 bits per heavy atom. The van der Waals surface area contributed by atoms with E-state index in [1.54, 1.807) is 46.6 Å². The number of rotatable bonds is 8. The monoisotopic (exact) mass is 407 g/mol. The Morgan fingerprint density at radius 2 is 1.33 bits per heavy atom. The zero-order chi connectivity index (χ0) is 21.5. The summed E-state index contributed by atoms with van der Waals surface area (Å²) in [5.74, 6) is 2.20. The lowest BCUT2D eigenvalue weighted by Gasteiger charge is -2.22. The topological polar surface area (TPSA) is 66.0 Å². The maximum atomic E-state index is 13.1. The van der Waals surface area contributed by atoms with Crippen molar-refractivity contribution in [3.05, 3.63) is 83.4 Å². The van der Waals surface area contributed by atoms with Crippen LogP contribution in [0.15, 0.2) is 66.7 Å². The van der Waals surface area contributed by atoms with Gasteiger partial charge in [-0.25, -0.2) is 0 Å². The molecule has 0 bridgehead atoms. The van der Waals surface area contributed by atoms with Crippen molar-refractivity contribution in [2.45, 2.75) is 6.04 Å². The molecule has 0 saturated heterocycles. The number of hydrogen-bond donors (Lipinski definition) is 1. The highest BCUT2D eigenvalue weighted by atomic mass is 16.5. The first-order valence-electron chi connectivity index (χ1n) is 9.41. The molecule has 0 unspecified atom stereocenters. The summed E-state index contributed by atoms with van der Waals surface area (Å²) in [5, 5.41) is 3.11. The molecule has 1 N–H and O–H groups in total. The van der Waals surface area contributed by atoms with Crippen molar-refractivity contribution in [1.29, 1.82) is 0 Å². The first kappa shape index (κ1) is 21.0. The molecule has 0 fully saturated rings. The van der Waals surface area contributed by atoms with E-state index in [-0.39, 0.29) is 5.91 Å². The van der Waals surface area contributed by atoms with Gasteiger partial charge in [-0.05, 0) is 47.5 Å². The number of hydrogen-bond acceptors (Lipinski definition) is 5. The minimum absolute atomic E-state index is 0.247. The Morgan fingerprint density at radius 3 is 1.97 bits per heavy atom. The van der Waals surface area contributed by atoms with Gasteiger partial charge in [0.25, 0.3) is 5.91 Å². The fourth-order valence-corrected chi connectivity index (χ4v) is 3.23. The van der Waals surface area contributed by atoms with Crippen LogP contribution in [0.3, 0.4) is 0 Å². The molecule has 0 heterocycles. The van der Waals surface area contributed by atoms with Gasteiger partial charge in [-0.3, -0.25) is 4.79 Å². The second kappa shape index (κ2) is 9.69. The summed E-state index contributed by atoms with van der Waals surface area (Å²) in [6.07, 6.45) is 0. The Labute approximate surface area is 176 Å². The maximum Gasteiger partial charge on any atom is 0.255 e. The van der Waals surface area contributed by atoms with Crippen LogP contribution in [0.2, 0.25) is 0 Å². The number of para-hydroxylation sites is 1. The van der Waals surface area contributed by atoms with Crippen LogP contribution in [-0.2, 0) is 0 Å². The second-order valence-corrected chi connectivity index (χ2v) is 6.49. The third-order valence-electron chi connectivity index (χ3n) is 4.82. The zero-order valence-corrected chi connectivity index (χ0v) is 17.5. The molecule has 0 aliphatic carbocycles. The van der Waals surface area contributed by atoms with Crippen LogP contribution in [0.4, 0.5) is 0 Å². The van der Waals surface area contributed by atoms with Crippen molar-refractivity contribution in [2.75, 3.05) is 28.4 Å². The van der Waals surface area contributed by atoms with E-state index >= 15 is 0 Å². The van der Waals surface area contributed by atoms with Crippen molar-refractivity contribution >= 4 is 5.91 Å². The third kappa shape index (κ3) is 4.49. The van der Waals surface area contributed by atoms with E-state index in [1.165, 1.54) is 0 Å². The van der Waals surface area contributed by atoms with E-state index in [1.807, 2.05) is 48.5 Å². The van der Waals surface area contributed by atoms with E-state index in [0.717, 1.165) is 16.9 Å². The van der Waals surface area contributed by atoms with Crippen molar-refractivity contribution in [2.24, 2.45) is 0 Å². The molecule has 30 heavy (non-hydrogen) atoms. The molecule has 3 aromatic rings. The number of nitrogens with one attached hydrogen (secondary N) is 1. The lowest BCUT2D eigenvalue weighted by Crippen LogP contribution is -2.29. The van der Waals surface area contributed by atoms with Gasteiger partial charge in [-0.1, -0.05) is 30.3 Å². The first-order chi connectivity index (χ1) is 14.6. The molecular weight excluding hydrogens is 382 g/mol. The number of carbonyl (C=O) groups excluding carboxylic acids is 1. The standard InChI is InChI=1S/C24H25NO5/c1-27-18-12-9-16(10-13-18)23(17-11-14-21(29-3)22(15-17)30-4)25-24(26)19-7-5-6-8-20(19)28-2/h5-15,23H,1-4H3,(H,25,26)/t23-/m0/s1. The molecule has 0 aliphatic rings. The smallest absolute Gasteiger partial charge is 0.255 e. The average Bonchev–Trinajstić information content (AvgIpc) is 2.82. The number of benzene rings is 3. The Hall–Kier alpha value is -3.67. The van der Waals surface area contributed by atoms with E-state index in [4.69, 9.17) is 18.9 Å². The van der Waals surface area contributed by atoms with Crippen LogP contribution in [-0.4, -0.2) is 34.3 Å². The van der Waals surface area contributed by atoms with E-state index in [2.05, 4.69) is 5.32 Å². The molecular formula is C24H25NO5. The van der Waals surface area contributed by atoms with Gasteiger partial charge in [-0.2, -0.15) is 0 Å². The van der Waals surface area contributed by atoms with Gasteiger partial charge in [0.2, 0.25) is 0 Å². The summed E-state index contributed by atoms with van der Waals surface area (Å²) in [4.78, 5) is 13.1. The Kier molecular flexibility index (Phi) is 6.80.